The number of nitriles is 1. The molecule has 2 rings (SSSR count). The molecule has 0 saturated carbocycles. The lowest BCUT2D eigenvalue weighted by Gasteiger charge is -2.18. The summed E-state index contributed by atoms with van der Waals surface area (Å²) in [5.41, 5.74) is 1.22. The molecule has 0 aliphatic carbocycles. The summed E-state index contributed by atoms with van der Waals surface area (Å²) in [4.78, 5) is 17.8. The molecule has 1 amide bonds. The molecule has 0 unspecified atom stereocenters. The van der Waals surface area contributed by atoms with Gasteiger partial charge >= 0.3 is 0 Å². The van der Waals surface area contributed by atoms with Crippen LogP contribution in [0.1, 0.15) is 16.2 Å². The van der Waals surface area contributed by atoms with E-state index in [1.807, 2.05) is 30.3 Å². The summed E-state index contributed by atoms with van der Waals surface area (Å²) in [5, 5.41) is 8.80. The van der Waals surface area contributed by atoms with Crippen molar-refractivity contribution in [3.8, 4) is 6.07 Å². The summed E-state index contributed by atoms with van der Waals surface area (Å²) in [7, 11) is 1.67. The Morgan fingerprint density at radius 2 is 2.00 bits per heavy atom. The number of rotatable bonds is 2. The number of aromatic nitrogens is 1. The highest BCUT2D eigenvalue weighted by Gasteiger charge is 2.16. The van der Waals surface area contributed by atoms with Crippen LogP contribution in [0.4, 0.5) is 5.69 Å². The fraction of sp³-hybridized carbons (Fsp3) is 0.0714. The number of nitrogens with zero attached hydrogens (tertiary/aromatic N) is 3. The number of amides is 1. The van der Waals surface area contributed by atoms with Gasteiger partial charge in [-0.05, 0) is 40.2 Å². The first kappa shape index (κ1) is 13.2. The highest BCUT2D eigenvalue weighted by Crippen LogP contribution is 2.25. The van der Waals surface area contributed by atoms with Crippen LogP contribution in [0.25, 0.3) is 0 Å². The number of carbonyl (C=O) groups excluding carboxylic acids is 1. The predicted molar refractivity (Wildman–Crippen MR) is 75.8 cm³/mol. The molecule has 0 aliphatic heterocycles. The van der Waals surface area contributed by atoms with Gasteiger partial charge < -0.3 is 4.90 Å². The van der Waals surface area contributed by atoms with Crippen molar-refractivity contribution in [2.24, 2.45) is 0 Å². The molecule has 0 N–H and O–H groups in total. The Morgan fingerprint density at radius 3 is 2.68 bits per heavy atom. The summed E-state index contributed by atoms with van der Waals surface area (Å²) < 4.78 is 0.822. The Hall–Kier alpha value is -2.19. The molecule has 1 heterocycles. The molecular formula is C14H10BrN3O. The number of carbonyl (C=O) groups is 1. The number of hydrogen-bond acceptors (Lipinski definition) is 3. The van der Waals surface area contributed by atoms with E-state index in [0.29, 0.717) is 0 Å². The van der Waals surface area contributed by atoms with Crippen molar-refractivity contribution in [3.63, 3.8) is 0 Å². The lowest BCUT2D eigenvalue weighted by Crippen LogP contribution is -2.27. The zero-order valence-electron chi connectivity index (χ0n) is 10.2. The van der Waals surface area contributed by atoms with Crippen LogP contribution in [-0.4, -0.2) is 17.9 Å². The average Bonchev–Trinajstić information content (AvgIpc) is 2.46. The molecule has 1 aromatic heterocycles. The monoisotopic (exact) mass is 315 g/mol. The van der Waals surface area contributed by atoms with Crippen molar-refractivity contribution in [3.05, 3.63) is 58.3 Å². The minimum atomic E-state index is -0.260. The number of benzene rings is 1. The molecule has 0 atom stereocenters. The van der Waals surface area contributed by atoms with E-state index < -0.39 is 0 Å². The molecule has 0 fully saturated rings. The van der Waals surface area contributed by atoms with Crippen LogP contribution >= 0.6 is 15.9 Å². The van der Waals surface area contributed by atoms with E-state index >= 15 is 0 Å². The third kappa shape index (κ3) is 2.80. The van der Waals surface area contributed by atoms with Gasteiger partial charge in [-0.15, -0.1) is 0 Å². The number of para-hydroxylation sites is 1. The second kappa shape index (κ2) is 5.63. The fourth-order valence-electron chi connectivity index (χ4n) is 1.62. The SMILES string of the molecule is CN(C(=O)c1cccc(C#N)n1)c1ccccc1Br. The largest absolute Gasteiger partial charge is 0.309 e. The van der Waals surface area contributed by atoms with E-state index in [9.17, 15) is 4.79 Å². The number of hydrogen-bond donors (Lipinski definition) is 0. The summed E-state index contributed by atoms with van der Waals surface area (Å²) in [6, 6.07) is 14.1. The first-order valence-corrected chi connectivity index (χ1v) is 6.32. The normalized spacial score (nSPS) is 9.74. The summed E-state index contributed by atoms with van der Waals surface area (Å²) in [5.74, 6) is -0.260. The molecule has 0 radical (unpaired) electrons. The number of anilines is 1. The molecule has 94 valence electrons. The second-order valence-corrected chi connectivity index (χ2v) is 4.69. The second-order valence-electron chi connectivity index (χ2n) is 3.84. The van der Waals surface area contributed by atoms with E-state index in [0.717, 1.165) is 10.2 Å². The van der Waals surface area contributed by atoms with Crippen LogP contribution in [-0.2, 0) is 0 Å². The molecule has 1 aromatic carbocycles. The fourth-order valence-corrected chi connectivity index (χ4v) is 2.17. The zero-order chi connectivity index (χ0) is 13.8. The Balaban J connectivity index is 2.34. The molecule has 0 aliphatic rings. The first-order chi connectivity index (χ1) is 9.13. The molecule has 5 heteroatoms. The minimum Gasteiger partial charge on any atom is -0.309 e. The van der Waals surface area contributed by atoms with Gasteiger partial charge in [-0.1, -0.05) is 18.2 Å². The zero-order valence-corrected chi connectivity index (χ0v) is 11.8. The molecule has 2 aromatic rings. The Bertz CT molecular complexity index is 664. The third-order valence-electron chi connectivity index (χ3n) is 2.60. The smallest absolute Gasteiger partial charge is 0.276 e. The van der Waals surface area contributed by atoms with E-state index in [4.69, 9.17) is 5.26 Å². The number of halogens is 1. The molecule has 19 heavy (non-hydrogen) atoms. The van der Waals surface area contributed by atoms with Gasteiger partial charge in [-0.3, -0.25) is 4.79 Å². The van der Waals surface area contributed by atoms with Crippen LogP contribution in [0.5, 0.6) is 0 Å². The highest BCUT2D eigenvalue weighted by atomic mass is 79.9. The van der Waals surface area contributed by atoms with Crippen LogP contribution in [0.15, 0.2) is 46.9 Å². The van der Waals surface area contributed by atoms with Gasteiger partial charge in [0, 0.05) is 11.5 Å². The van der Waals surface area contributed by atoms with Crippen molar-refractivity contribution >= 4 is 27.5 Å². The third-order valence-corrected chi connectivity index (χ3v) is 3.27. The minimum absolute atomic E-state index is 0.228. The van der Waals surface area contributed by atoms with Gasteiger partial charge in [0.25, 0.3) is 5.91 Å². The molecule has 0 spiro atoms. The van der Waals surface area contributed by atoms with E-state index in [1.165, 1.54) is 4.90 Å². The van der Waals surface area contributed by atoms with Crippen molar-refractivity contribution < 1.29 is 4.79 Å². The standard InChI is InChI=1S/C14H10BrN3O/c1-18(13-8-3-2-6-11(13)15)14(19)12-7-4-5-10(9-16)17-12/h2-8H,1H3. The highest BCUT2D eigenvalue weighted by molar-refractivity contribution is 9.10. The van der Waals surface area contributed by atoms with E-state index in [-0.39, 0.29) is 17.3 Å². The molecule has 0 bridgehead atoms. The first-order valence-electron chi connectivity index (χ1n) is 5.53. The van der Waals surface area contributed by atoms with Gasteiger partial charge in [-0.25, -0.2) is 4.98 Å². The summed E-state index contributed by atoms with van der Waals surface area (Å²) >= 11 is 3.40. The van der Waals surface area contributed by atoms with Gasteiger partial charge in [0.05, 0.1) is 5.69 Å². The van der Waals surface area contributed by atoms with Crippen LogP contribution < -0.4 is 4.90 Å². The van der Waals surface area contributed by atoms with Crippen LogP contribution in [0, 0.1) is 11.3 Å². The topological polar surface area (TPSA) is 57.0 Å². The average molecular weight is 316 g/mol. The predicted octanol–water partition coefficient (Wildman–Crippen LogP) is 2.99. The van der Waals surface area contributed by atoms with E-state index in [1.54, 1.807) is 25.2 Å². The Morgan fingerprint density at radius 1 is 1.26 bits per heavy atom. The van der Waals surface area contributed by atoms with Gasteiger partial charge in [-0.2, -0.15) is 5.26 Å². The maximum absolute atomic E-state index is 12.3. The van der Waals surface area contributed by atoms with Crippen molar-refractivity contribution in [2.45, 2.75) is 0 Å². The van der Waals surface area contributed by atoms with Gasteiger partial charge in [0.2, 0.25) is 0 Å². The lowest BCUT2D eigenvalue weighted by atomic mass is 10.2. The van der Waals surface area contributed by atoms with Gasteiger partial charge in [0.1, 0.15) is 17.5 Å². The Kier molecular flexibility index (Phi) is 3.93. The maximum Gasteiger partial charge on any atom is 0.276 e. The van der Waals surface area contributed by atoms with E-state index in [2.05, 4.69) is 20.9 Å². The summed E-state index contributed by atoms with van der Waals surface area (Å²) in [6.07, 6.45) is 0. The van der Waals surface area contributed by atoms with Crippen molar-refractivity contribution in [1.29, 1.82) is 5.26 Å². The lowest BCUT2D eigenvalue weighted by molar-refractivity contribution is 0.0988. The van der Waals surface area contributed by atoms with Crippen molar-refractivity contribution in [1.82, 2.24) is 4.98 Å². The van der Waals surface area contributed by atoms with Gasteiger partial charge in [0.15, 0.2) is 0 Å². The summed E-state index contributed by atoms with van der Waals surface area (Å²) in [6.45, 7) is 0. The Labute approximate surface area is 119 Å². The molecule has 4 nitrogen and oxygen atoms in total. The molecular weight excluding hydrogens is 306 g/mol. The number of pyridine rings is 1. The van der Waals surface area contributed by atoms with Crippen LogP contribution in [0.2, 0.25) is 0 Å². The van der Waals surface area contributed by atoms with Crippen molar-refractivity contribution in [2.75, 3.05) is 11.9 Å². The molecule has 0 saturated heterocycles. The quantitative estimate of drug-likeness (QED) is 0.856. The van der Waals surface area contributed by atoms with Crippen LogP contribution in [0.3, 0.4) is 0 Å². The maximum atomic E-state index is 12.3.